The van der Waals surface area contributed by atoms with E-state index in [2.05, 4.69) is 10.6 Å². The molecule has 5 rings (SSSR count). The third-order valence-electron chi connectivity index (χ3n) is 6.89. The van der Waals surface area contributed by atoms with Crippen molar-refractivity contribution in [3.05, 3.63) is 64.7 Å². The van der Waals surface area contributed by atoms with Crippen LogP contribution in [-0.2, 0) is 26.3 Å². The van der Waals surface area contributed by atoms with Crippen molar-refractivity contribution < 1.29 is 14.4 Å². The van der Waals surface area contributed by atoms with E-state index in [1.165, 1.54) is 4.90 Å². The summed E-state index contributed by atoms with van der Waals surface area (Å²) in [7, 11) is 0. The number of fused-ring (bicyclic) bond motifs is 4. The van der Waals surface area contributed by atoms with Gasteiger partial charge in [-0.2, -0.15) is 0 Å². The summed E-state index contributed by atoms with van der Waals surface area (Å²) in [5.74, 6) is -2.09. The molecule has 2 aromatic rings. The van der Waals surface area contributed by atoms with Gasteiger partial charge in [-0.15, -0.1) is 0 Å². The number of carbonyl (C=O) groups is 3. The molecule has 7 heteroatoms. The van der Waals surface area contributed by atoms with E-state index in [9.17, 15) is 14.4 Å². The number of halogens is 1. The van der Waals surface area contributed by atoms with Crippen molar-refractivity contribution in [2.45, 2.75) is 31.8 Å². The Morgan fingerprint density at radius 1 is 1.06 bits per heavy atom. The Morgan fingerprint density at radius 3 is 2.52 bits per heavy atom. The van der Waals surface area contributed by atoms with Crippen molar-refractivity contribution in [1.29, 1.82) is 0 Å². The molecule has 2 saturated heterocycles. The molecular weight excluding hydrogens is 414 g/mol. The molecule has 2 aromatic carbocycles. The van der Waals surface area contributed by atoms with Crippen LogP contribution in [0.2, 0.25) is 5.02 Å². The molecule has 0 bridgehead atoms. The zero-order valence-corrected chi connectivity index (χ0v) is 18.1. The van der Waals surface area contributed by atoms with Crippen molar-refractivity contribution >= 4 is 35.0 Å². The molecule has 3 amide bonds. The van der Waals surface area contributed by atoms with Crippen LogP contribution in [0, 0.1) is 17.8 Å². The molecule has 0 radical (unpaired) electrons. The maximum absolute atomic E-state index is 13.6. The number of hydrogen-bond donors (Lipinski definition) is 2. The lowest BCUT2D eigenvalue weighted by Gasteiger charge is -2.30. The average molecular weight is 438 g/mol. The Balaban J connectivity index is 1.55. The molecule has 1 spiro atoms. The second-order valence-corrected chi connectivity index (χ2v) is 9.37. The summed E-state index contributed by atoms with van der Waals surface area (Å²) < 4.78 is 0. The number of hydrogen-bond acceptors (Lipinski definition) is 4. The third-order valence-corrected chi connectivity index (χ3v) is 7.12. The maximum atomic E-state index is 13.6. The Morgan fingerprint density at radius 2 is 1.81 bits per heavy atom. The van der Waals surface area contributed by atoms with E-state index in [4.69, 9.17) is 11.6 Å². The van der Waals surface area contributed by atoms with E-state index in [0.717, 1.165) is 5.56 Å². The fourth-order valence-electron chi connectivity index (χ4n) is 5.44. The topological polar surface area (TPSA) is 78.5 Å². The number of nitrogens with one attached hydrogen (secondary N) is 2. The van der Waals surface area contributed by atoms with Crippen LogP contribution >= 0.6 is 11.6 Å². The first kappa shape index (κ1) is 20.2. The molecule has 2 fully saturated rings. The molecular formula is C24H24ClN3O3. The van der Waals surface area contributed by atoms with Gasteiger partial charge in [-0.1, -0.05) is 55.8 Å². The second-order valence-electron chi connectivity index (χ2n) is 8.93. The quantitative estimate of drug-likeness (QED) is 0.721. The van der Waals surface area contributed by atoms with Gasteiger partial charge in [0.1, 0.15) is 5.54 Å². The highest BCUT2D eigenvalue weighted by molar-refractivity contribution is 6.31. The van der Waals surface area contributed by atoms with Crippen LogP contribution < -0.4 is 10.6 Å². The SMILES string of the molecule is CC(C)[C@H]1N[C@]2(C(=O)Nc3ccc(Cl)cc32)[C@@H]2C(=O)N(CCc3ccccc3)C(=O)[C@H]12. The highest BCUT2D eigenvalue weighted by Crippen LogP contribution is 2.54. The molecule has 3 aliphatic heterocycles. The molecule has 2 N–H and O–H groups in total. The van der Waals surface area contributed by atoms with Crippen LogP contribution in [-0.4, -0.2) is 35.2 Å². The Kier molecular flexibility index (Phi) is 4.68. The summed E-state index contributed by atoms with van der Waals surface area (Å²) in [6, 6.07) is 14.7. The van der Waals surface area contributed by atoms with Gasteiger partial charge in [0.25, 0.3) is 0 Å². The Bertz CT molecular complexity index is 1090. The molecule has 0 aromatic heterocycles. The van der Waals surface area contributed by atoms with Gasteiger partial charge in [-0.25, -0.2) is 0 Å². The molecule has 3 heterocycles. The van der Waals surface area contributed by atoms with Crippen molar-refractivity contribution in [3.8, 4) is 0 Å². The van der Waals surface area contributed by atoms with Crippen LogP contribution in [0.4, 0.5) is 5.69 Å². The van der Waals surface area contributed by atoms with Crippen molar-refractivity contribution in [3.63, 3.8) is 0 Å². The van der Waals surface area contributed by atoms with Crippen LogP contribution in [0.5, 0.6) is 0 Å². The third kappa shape index (κ3) is 2.85. The minimum absolute atomic E-state index is 0.0636. The van der Waals surface area contributed by atoms with Gasteiger partial charge in [-0.3, -0.25) is 24.6 Å². The summed E-state index contributed by atoms with van der Waals surface area (Å²) in [6.45, 7) is 4.31. The van der Waals surface area contributed by atoms with E-state index in [0.29, 0.717) is 29.2 Å². The van der Waals surface area contributed by atoms with Gasteiger partial charge in [0.15, 0.2) is 0 Å². The fourth-order valence-corrected chi connectivity index (χ4v) is 5.62. The number of rotatable bonds is 4. The Hall–Kier alpha value is -2.70. The van der Waals surface area contributed by atoms with Crippen molar-refractivity contribution in [1.82, 2.24) is 10.2 Å². The summed E-state index contributed by atoms with van der Waals surface area (Å²) in [5.41, 5.74) is 1.06. The number of imide groups is 1. The normalized spacial score (nSPS) is 29.1. The van der Waals surface area contributed by atoms with Gasteiger partial charge >= 0.3 is 0 Å². The van der Waals surface area contributed by atoms with Crippen molar-refractivity contribution in [2.24, 2.45) is 17.8 Å². The summed E-state index contributed by atoms with van der Waals surface area (Å²) in [4.78, 5) is 41.8. The maximum Gasteiger partial charge on any atom is 0.250 e. The number of likely N-dealkylation sites (tertiary alicyclic amines) is 1. The number of benzene rings is 2. The molecule has 0 saturated carbocycles. The predicted octanol–water partition coefficient (Wildman–Crippen LogP) is 2.96. The molecule has 0 unspecified atom stereocenters. The van der Waals surface area contributed by atoms with Gasteiger partial charge in [-0.05, 0) is 36.1 Å². The van der Waals surface area contributed by atoms with Crippen LogP contribution in [0.1, 0.15) is 25.0 Å². The standard InChI is InChI=1S/C24H24ClN3O3/c1-13(2)20-18-19(22(30)28(21(18)29)11-10-14-6-4-3-5-7-14)24(27-20)16-12-15(25)8-9-17(16)26-23(24)31/h3-9,12-13,18-20,27H,10-11H2,1-2H3,(H,26,31)/t18-,19-,20+,24-/m0/s1. The van der Waals surface area contributed by atoms with Crippen LogP contribution in [0.3, 0.4) is 0 Å². The van der Waals surface area contributed by atoms with Crippen molar-refractivity contribution in [2.75, 3.05) is 11.9 Å². The van der Waals surface area contributed by atoms with Gasteiger partial charge < -0.3 is 5.32 Å². The minimum Gasteiger partial charge on any atom is -0.324 e. The number of anilines is 1. The number of amides is 3. The molecule has 160 valence electrons. The molecule has 4 atom stereocenters. The summed E-state index contributed by atoms with van der Waals surface area (Å²) in [6.07, 6.45) is 0.582. The van der Waals surface area contributed by atoms with Gasteiger partial charge in [0.2, 0.25) is 17.7 Å². The predicted molar refractivity (Wildman–Crippen MR) is 117 cm³/mol. The van der Waals surface area contributed by atoms with Crippen LogP contribution in [0.15, 0.2) is 48.5 Å². The van der Waals surface area contributed by atoms with E-state index in [1.54, 1.807) is 18.2 Å². The lowest BCUT2D eigenvalue weighted by Crippen LogP contribution is -2.54. The number of nitrogens with zero attached hydrogens (tertiary/aromatic N) is 1. The van der Waals surface area contributed by atoms with Crippen LogP contribution in [0.25, 0.3) is 0 Å². The number of carbonyl (C=O) groups excluding carboxylic acids is 3. The second kappa shape index (κ2) is 7.18. The molecule has 3 aliphatic rings. The summed E-state index contributed by atoms with van der Waals surface area (Å²) >= 11 is 6.26. The van der Waals surface area contributed by atoms with Gasteiger partial charge in [0.05, 0.1) is 11.8 Å². The van der Waals surface area contributed by atoms with E-state index in [-0.39, 0.29) is 29.7 Å². The first-order chi connectivity index (χ1) is 14.8. The van der Waals surface area contributed by atoms with E-state index >= 15 is 0 Å². The zero-order valence-electron chi connectivity index (χ0n) is 17.4. The zero-order chi connectivity index (χ0) is 21.9. The lowest BCUT2D eigenvalue weighted by molar-refractivity contribution is -0.142. The molecule has 6 nitrogen and oxygen atoms in total. The van der Waals surface area contributed by atoms with E-state index < -0.39 is 17.4 Å². The molecule has 31 heavy (non-hydrogen) atoms. The highest BCUT2D eigenvalue weighted by atomic mass is 35.5. The molecule has 0 aliphatic carbocycles. The average Bonchev–Trinajstić information content (AvgIpc) is 3.33. The minimum atomic E-state index is -1.28. The highest BCUT2D eigenvalue weighted by Gasteiger charge is 2.70. The lowest BCUT2D eigenvalue weighted by atomic mass is 9.76. The Labute approximate surface area is 185 Å². The summed E-state index contributed by atoms with van der Waals surface area (Å²) in [5, 5.41) is 6.80. The smallest absolute Gasteiger partial charge is 0.250 e. The van der Waals surface area contributed by atoms with E-state index in [1.807, 2.05) is 44.2 Å². The monoisotopic (exact) mass is 437 g/mol. The first-order valence-corrected chi connectivity index (χ1v) is 11.0. The van der Waals surface area contributed by atoms with Gasteiger partial charge in [0, 0.05) is 28.9 Å². The fraction of sp³-hybridized carbons (Fsp3) is 0.375. The largest absolute Gasteiger partial charge is 0.324 e. The first-order valence-electron chi connectivity index (χ1n) is 10.6.